The highest BCUT2D eigenvalue weighted by atomic mass is 32.4. The molecule has 0 unspecified atom stereocenters. The van der Waals surface area contributed by atoms with Crippen LogP contribution in [0.3, 0.4) is 0 Å². The smallest absolute Gasteiger partial charge is 0.192 e. The van der Waals surface area contributed by atoms with Crippen LogP contribution in [0.4, 0.5) is 0 Å². The molecule has 8 heteroatoms. The molecule has 0 aromatic heterocycles. The van der Waals surface area contributed by atoms with Gasteiger partial charge in [0.2, 0.25) is 0 Å². The Morgan fingerprint density at radius 3 is 1.97 bits per heavy atom. The number of ether oxygens (including phenoxy) is 2. The van der Waals surface area contributed by atoms with Crippen molar-refractivity contribution in [3.05, 3.63) is 30.3 Å². The Labute approximate surface area is 248 Å². The Hall–Kier alpha value is 0.584. The van der Waals surface area contributed by atoms with Gasteiger partial charge in [0.1, 0.15) is 18.1 Å². The summed E-state index contributed by atoms with van der Waals surface area (Å²) in [6.45, 7) is 28.7. The molecular weight excluding hydrogens is 561 g/mol. The fourth-order valence-corrected chi connectivity index (χ4v) is 14.3. The largest absolute Gasteiger partial charge is 0.413 e. The van der Waals surface area contributed by atoms with Crippen LogP contribution in [0.1, 0.15) is 74.7 Å². The molecule has 2 aliphatic heterocycles. The second kappa shape index (κ2) is 12.8. The summed E-state index contributed by atoms with van der Waals surface area (Å²) in [6.07, 6.45) is 3.85. The Balaban J connectivity index is 1.70. The molecule has 1 aromatic carbocycles. The normalized spacial score (nSPS) is 31.8. The molecule has 2 fully saturated rings. The number of thioether (sulfide) groups is 2. The molecule has 0 N–H and O–H groups in total. The molecule has 2 saturated heterocycles. The number of benzene rings is 1. The highest BCUT2D eigenvalue weighted by Crippen LogP contribution is 2.51. The average molecular weight is 615 g/mol. The van der Waals surface area contributed by atoms with Crippen LogP contribution in [0.25, 0.3) is 0 Å². The predicted molar refractivity (Wildman–Crippen MR) is 177 cm³/mol. The monoisotopic (exact) mass is 614 g/mol. The minimum absolute atomic E-state index is 0.158. The van der Waals surface area contributed by atoms with Gasteiger partial charge in [-0.2, -0.15) is 11.2 Å². The minimum atomic E-state index is -1.92. The van der Waals surface area contributed by atoms with Gasteiger partial charge in [-0.15, -0.1) is 11.8 Å². The minimum Gasteiger partial charge on any atom is -0.413 e. The Kier molecular flexibility index (Phi) is 11.2. The molecule has 3 rings (SSSR count). The molecular formula is C30H54O3S3Si2. The maximum atomic E-state index is 7.23. The topological polar surface area (TPSA) is 27.7 Å². The second-order valence-electron chi connectivity index (χ2n) is 14.2. The summed E-state index contributed by atoms with van der Waals surface area (Å²) < 4.78 is 20.5. The zero-order chi connectivity index (χ0) is 28.5. The molecule has 0 bridgehead atoms. The number of hydrogen-bond donors (Lipinski definition) is 0. The van der Waals surface area contributed by atoms with E-state index in [4.69, 9.17) is 13.9 Å². The lowest BCUT2D eigenvalue weighted by molar-refractivity contribution is -0.0411. The quantitative estimate of drug-likeness (QED) is 0.271. The van der Waals surface area contributed by atoms with Crippen molar-refractivity contribution in [2.75, 3.05) is 0 Å². The summed E-state index contributed by atoms with van der Waals surface area (Å²) in [4.78, 5) is 1.29. The molecule has 7 atom stereocenters. The van der Waals surface area contributed by atoms with E-state index in [1.807, 2.05) is 23.5 Å². The third kappa shape index (κ3) is 8.56. The lowest BCUT2D eigenvalue weighted by Crippen LogP contribution is -2.54. The van der Waals surface area contributed by atoms with Crippen molar-refractivity contribution < 1.29 is 13.9 Å². The van der Waals surface area contributed by atoms with Crippen LogP contribution in [0.5, 0.6) is 0 Å². The van der Waals surface area contributed by atoms with Crippen molar-refractivity contribution in [2.45, 2.75) is 155 Å². The van der Waals surface area contributed by atoms with E-state index in [1.54, 1.807) is 0 Å². The van der Waals surface area contributed by atoms with E-state index < -0.39 is 15.5 Å². The predicted octanol–water partition coefficient (Wildman–Crippen LogP) is 10.0. The van der Waals surface area contributed by atoms with Gasteiger partial charge in [0, 0.05) is 16.6 Å². The summed E-state index contributed by atoms with van der Waals surface area (Å²) in [5.74, 6) is 0. The van der Waals surface area contributed by atoms with Gasteiger partial charge < -0.3 is 13.9 Å². The van der Waals surface area contributed by atoms with Crippen molar-refractivity contribution in [3.63, 3.8) is 0 Å². The van der Waals surface area contributed by atoms with E-state index in [-0.39, 0.29) is 34.2 Å². The first kappa shape index (κ1) is 33.1. The molecule has 218 valence electrons. The van der Waals surface area contributed by atoms with E-state index in [1.165, 1.54) is 11.3 Å². The van der Waals surface area contributed by atoms with Crippen molar-refractivity contribution >= 4 is 50.3 Å². The summed E-state index contributed by atoms with van der Waals surface area (Å²) in [7, 11) is -3.49. The summed E-state index contributed by atoms with van der Waals surface area (Å²) >= 11 is 6.08. The van der Waals surface area contributed by atoms with Crippen LogP contribution in [-0.2, 0) is 13.9 Å². The molecule has 2 heterocycles. The maximum absolute atomic E-state index is 7.23. The summed E-state index contributed by atoms with van der Waals surface area (Å²) in [6, 6.07) is 10.6. The Morgan fingerprint density at radius 2 is 1.42 bits per heavy atom. The van der Waals surface area contributed by atoms with Gasteiger partial charge in [0.15, 0.2) is 8.32 Å². The van der Waals surface area contributed by atoms with Gasteiger partial charge in [0.25, 0.3) is 0 Å². The number of rotatable bonds is 8. The van der Waals surface area contributed by atoms with Crippen LogP contribution >= 0.6 is 34.7 Å². The lowest BCUT2D eigenvalue weighted by atomic mass is 10.1. The van der Waals surface area contributed by atoms with Crippen molar-refractivity contribution in [2.24, 2.45) is 0 Å². The first-order chi connectivity index (χ1) is 17.4. The average Bonchev–Trinajstić information content (AvgIpc) is 2.77. The SMILES string of the molecule is C[C@@H]1O[C@@H](Sc2ccccc2)CC[C@@H]1S[C@H]1C[C@@H](O[Si](C)(C)C(C)(C)C)[C@H](S[Si](C)(C)C(C)(C)C)[C@@H](C)O1. The molecule has 0 saturated carbocycles. The van der Waals surface area contributed by atoms with E-state index >= 15 is 0 Å². The molecule has 3 nitrogen and oxygen atoms in total. The van der Waals surface area contributed by atoms with Crippen LogP contribution in [0.2, 0.25) is 36.3 Å². The van der Waals surface area contributed by atoms with E-state index in [9.17, 15) is 0 Å². The molecule has 2 aliphatic rings. The van der Waals surface area contributed by atoms with Crippen LogP contribution in [-0.4, -0.2) is 55.2 Å². The van der Waals surface area contributed by atoms with Gasteiger partial charge in [-0.3, -0.25) is 0 Å². The lowest BCUT2D eigenvalue weighted by Gasteiger charge is -2.50. The van der Waals surface area contributed by atoms with Crippen LogP contribution < -0.4 is 0 Å². The fourth-order valence-electron chi connectivity index (χ4n) is 4.49. The van der Waals surface area contributed by atoms with E-state index in [2.05, 4.69) is 123 Å². The van der Waals surface area contributed by atoms with E-state index in [0.29, 0.717) is 15.5 Å². The third-order valence-electron chi connectivity index (χ3n) is 9.02. The third-order valence-corrected chi connectivity index (χ3v) is 25.8. The van der Waals surface area contributed by atoms with Crippen molar-refractivity contribution in [3.8, 4) is 0 Å². The zero-order valence-electron chi connectivity index (χ0n) is 26.0. The summed E-state index contributed by atoms with van der Waals surface area (Å²) in [5, 5.41) is 1.36. The highest BCUT2D eigenvalue weighted by molar-refractivity contribution is 8.29. The molecule has 0 amide bonds. The highest BCUT2D eigenvalue weighted by Gasteiger charge is 2.49. The second-order valence-corrected chi connectivity index (χ2v) is 30.7. The Morgan fingerprint density at radius 1 is 0.816 bits per heavy atom. The molecule has 0 aliphatic carbocycles. The van der Waals surface area contributed by atoms with Gasteiger partial charge in [-0.1, -0.05) is 84.6 Å². The van der Waals surface area contributed by atoms with Crippen LogP contribution in [0, 0.1) is 0 Å². The fraction of sp³-hybridized carbons (Fsp3) is 0.800. The maximum Gasteiger partial charge on any atom is 0.192 e. The zero-order valence-corrected chi connectivity index (χ0v) is 30.4. The first-order valence-corrected chi connectivity index (χ1v) is 23.8. The molecule has 1 aromatic rings. The molecule has 38 heavy (non-hydrogen) atoms. The van der Waals surface area contributed by atoms with Gasteiger partial charge >= 0.3 is 0 Å². The molecule has 0 spiro atoms. The standard InChI is InChI=1S/C30H54O3S3Si2/c1-21-25(18-19-26(31-21)34-23-16-14-13-15-17-23)35-27-20-24(33-37(9,10)29(3,4)5)28(22(2)32-27)36-38(11,12)30(6,7)8/h13-17,21-22,24-28H,18-20H2,1-12H3/t21-,22+,24+,25-,26-,27-,28+/m0/s1. The summed E-state index contributed by atoms with van der Waals surface area (Å²) in [5.41, 5.74) is 0.390. The first-order valence-electron chi connectivity index (χ1n) is 14.4. The van der Waals surface area contributed by atoms with Crippen molar-refractivity contribution in [1.82, 2.24) is 0 Å². The van der Waals surface area contributed by atoms with Gasteiger partial charge in [-0.05, 0) is 62.0 Å². The van der Waals surface area contributed by atoms with Crippen LogP contribution in [0.15, 0.2) is 35.2 Å². The van der Waals surface area contributed by atoms with E-state index in [0.717, 1.165) is 12.8 Å². The van der Waals surface area contributed by atoms with Gasteiger partial charge in [0.05, 0.1) is 23.6 Å². The Bertz CT molecular complexity index is 885. The molecule has 0 radical (unpaired) electrons. The number of hydrogen-bond acceptors (Lipinski definition) is 6. The van der Waals surface area contributed by atoms with Gasteiger partial charge in [-0.25, -0.2) is 0 Å². The van der Waals surface area contributed by atoms with Crippen molar-refractivity contribution in [1.29, 1.82) is 0 Å².